The Morgan fingerprint density at radius 2 is 1.53 bits per heavy atom. The molecule has 0 spiro atoms. The van der Waals surface area contributed by atoms with Crippen molar-refractivity contribution in [2.45, 2.75) is 55.6 Å². The van der Waals surface area contributed by atoms with Crippen LogP contribution in [0, 0.1) is 0 Å². The summed E-state index contributed by atoms with van der Waals surface area (Å²) in [5, 5.41) is 38.2. The highest BCUT2D eigenvalue weighted by molar-refractivity contribution is 7.99. The molecule has 0 saturated carbocycles. The first-order valence-electron chi connectivity index (χ1n) is 17.8. The normalized spacial score (nSPS) is 18.7. The quantitative estimate of drug-likeness (QED) is 0.0912. The fraction of sp³-hybridized carbons (Fsp3) is 0.214. The first kappa shape index (κ1) is 37.5. The fourth-order valence-electron chi connectivity index (χ4n) is 6.57. The van der Waals surface area contributed by atoms with Gasteiger partial charge in [0.1, 0.15) is 5.75 Å². The molecule has 6 aromatic rings. The standard InChI is InChI=1S/C42H40N6O6S/c1-27(50)36(23-28-9-4-2-5-10-28)44-41(52)43-33-14-8-13-32(24-33)40-53-37(26-55-42-45-46-47-48(42)34-19-21-35(51)22-20-34)38(30-11-6-3-7-12-30)39(54-40)31-17-15-29(25-49)16-18-31/h2-22,24,36-40,49,51H,23,25-26H2,1H3,(H2,43,44,52). The fourth-order valence-corrected chi connectivity index (χ4v) is 7.53. The summed E-state index contributed by atoms with van der Waals surface area (Å²) < 4.78 is 15.3. The smallest absolute Gasteiger partial charge is 0.319 e. The molecule has 7 rings (SSSR count). The Morgan fingerprint density at radius 1 is 0.818 bits per heavy atom. The molecule has 2 heterocycles. The Balaban J connectivity index is 1.17. The summed E-state index contributed by atoms with van der Waals surface area (Å²) in [6, 6.07) is 40.0. The van der Waals surface area contributed by atoms with E-state index >= 15 is 0 Å². The van der Waals surface area contributed by atoms with Crippen LogP contribution in [0.5, 0.6) is 5.75 Å². The van der Waals surface area contributed by atoms with Crippen molar-refractivity contribution in [2.75, 3.05) is 11.1 Å². The van der Waals surface area contributed by atoms with E-state index in [1.54, 1.807) is 41.1 Å². The monoisotopic (exact) mass is 756 g/mol. The van der Waals surface area contributed by atoms with Crippen LogP contribution < -0.4 is 10.6 Å². The number of phenols is 1. The van der Waals surface area contributed by atoms with Gasteiger partial charge in [-0.3, -0.25) is 4.79 Å². The van der Waals surface area contributed by atoms with Crippen molar-refractivity contribution in [1.29, 1.82) is 0 Å². The molecule has 0 bridgehead atoms. The number of aliphatic hydroxyl groups excluding tert-OH is 1. The highest BCUT2D eigenvalue weighted by Gasteiger charge is 2.42. The minimum Gasteiger partial charge on any atom is -0.508 e. The summed E-state index contributed by atoms with van der Waals surface area (Å²) in [5.74, 6) is 0.170. The van der Waals surface area contributed by atoms with E-state index in [1.807, 2.05) is 84.9 Å². The molecule has 5 atom stereocenters. The highest BCUT2D eigenvalue weighted by atomic mass is 32.2. The van der Waals surface area contributed by atoms with Crippen molar-refractivity contribution in [3.63, 3.8) is 0 Å². The second kappa shape index (κ2) is 17.5. The molecule has 0 radical (unpaired) electrons. The predicted molar refractivity (Wildman–Crippen MR) is 208 cm³/mol. The van der Waals surface area contributed by atoms with Crippen LogP contribution in [0.3, 0.4) is 0 Å². The number of Topliss-reactive ketones (excluding diaryl/α,β-unsaturated/α-hetero) is 1. The van der Waals surface area contributed by atoms with Crippen LogP contribution in [0.1, 0.15) is 53.1 Å². The second-order valence-electron chi connectivity index (χ2n) is 13.2. The van der Waals surface area contributed by atoms with Gasteiger partial charge in [-0.15, -0.1) is 5.10 Å². The third kappa shape index (κ3) is 9.27. The van der Waals surface area contributed by atoms with E-state index in [9.17, 15) is 19.8 Å². The number of hydrogen-bond donors (Lipinski definition) is 4. The molecule has 4 N–H and O–H groups in total. The molecular weight excluding hydrogens is 717 g/mol. The molecule has 2 amide bonds. The van der Waals surface area contributed by atoms with E-state index in [4.69, 9.17) is 9.47 Å². The van der Waals surface area contributed by atoms with Gasteiger partial charge < -0.3 is 30.3 Å². The maximum absolute atomic E-state index is 13.2. The number of amides is 2. The number of phenolic OH excluding ortho intramolecular Hbond substituents is 1. The second-order valence-corrected chi connectivity index (χ2v) is 14.2. The minimum absolute atomic E-state index is 0.0819. The van der Waals surface area contributed by atoms with Gasteiger partial charge in [-0.1, -0.05) is 109 Å². The van der Waals surface area contributed by atoms with Gasteiger partial charge >= 0.3 is 6.03 Å². The van der Waals surface area contributed by atoms with Crippen LogP contribution in [-0.2, 0) is 27.3 Å². The average molecular weight is 757 g/mol. The van der Waals surface area contributed by atoms with Crippen molar-refractivity contribution in [1.82, 2.24) is 25.5 Å². The Labute approximate surface area is 322 Å². The number of rotatable bonds is 13. The van der Waals surface area contributed by atoms with Gasteiger partial charge in [0.2, 0.25) is 5.16 Å². The molecule has 1 aliphatic rings. The SMILES string of the molecule is CC(=O)C(Cc1ccccc1)NC(=O)Nc1cccc(C2OC(CSc3nnnn3-c3ccc(O)cc3)C(c3ccccc3)C(c3ccc(CO)cc3)O2)c1. The Bertz CT molecular complexity index is 2190. The number of hydrogen-bond acceptors (Lipinski definition) is 10. The number of anilines is 1. The first-order chi connectivity index (χ1) is 26.8. The zero-order chi connectivity index (χ0) is 38.1. The zero-order valence-electron chi connectivity index (χ0n) is 29.9. The molecule has 55 heavy (non-hydrogen) atoms. The number of carbonyl (C=O) groups is 2. The van der Waals surface area contributed by atoms with E-state index in [-0.39, 0.29) is 24.1 Å². The summed E-state index contributed by atoms with van der Waals surface area (Å²) in [6.07, 6.45) is -1.36. The lowest BCUT2D eigenvalue weighted by Gasteiger charge is -2.43. The maximum atomic E-state index is 13.2. The van der Waals surface area contributed by atoms with Crippen molar-refractivity contribution in [2.24, 2.45) is 0 Å². The Kier molecular flexibility index (Phi) is 11.9. The number of ketones is 1. The largest absolute Gasteiger partial charge is 0.508 e. The van der Waals surface area contributed by atoms with Crippen molar-refractivity contribution >= 4 is 29.3 Å². The van der Waals surface area contributed by atoms with Gasteiger partial charge in [-0.25, -0.2) is 4.79 Å². The molecule has 280 valence electrons. The number of aliphatic hydroxyl groups is 1. The van der Waals surface area contributed by atoms with E-state index in [0.29, 0.717) is 34.3 Å². The van der Waals surface area contributed by atoms with Crippen LogP contribution in [-0.4, -0.2) is 60.1 Å². The number of thioether (sulfide) groups is 1. The Morgan fingerprint density at radius 3 is 2.24 bits per heavy atom. The number of urea groups is 1. The topological polar surface area (TPSA) is 161 Å². The van der Waals surface area contributed by atoms with E-state index in [0.717, 1.165) is 22.3 Å². The lowest BCUT2D eigenvalue weighted by molar-refractivity contribution is -0.255. The predicted octanol–water partition coefficient (Wildman–Crippen LogP) is 6.91. The van der Waals surface area contributed by atoms with Crippen LogP contribution in [0.15, 0.2) is 139 Å². The van der Waals surface area contributed by atoms with E-state index < -0.39 is 30.6 Å². The molecule has 5 aromatic carbocycles. The van der Waals surface area contributed by atoms with Gasteiger partial charge in [0.15, 0.2) is 12.1 Å². The highest BCUT2D eigenvalue weighted by Crippen LogP contribution is 2.48. The summed E-state index contributed by atoms with van der Waals surface area (Å²) in [4.78, 5) is 25.7. The summed E-state index contributed by atoms with van der Waals surface area (Å²) >= 11 is 1.44. The van der Waals surface area contributed by atoms with Crippen LogP contribution >= 0.6 is 11.8 Å². The third-order valence-electron chi connectivity index (χ3n) is 9.38. The van der Waals surface area contributed by atoms with Crippen LogP contribution in [0.2, 0.25) is 0 Å². The van der Waals surface area contributed by atoms with Crippen LogP contribution in [0.4, 0.5) is 10.5 Å². The van der Waals surface area contributed by atoms with Gasteiger partial charge in [0.25, 0.3) is 0 Å². The van der Waals surface area contributed by atoms with Gasteiger partial charge in [-0.2, -0.15) is 4.68 Å². The number of ether oxygens (including phenoxy) is 2. The van der Waals surface area contributed by atoms with Gasteiger partial charge in [0, 0.05) is 22.9 Å². The third-order valence-corrected chi connectivity index (χ3v) is 10.4. The number of nitrogens with zero attached hydrogens (tertiary/aromatic N) is 4. The number of aromatic hydroxyl groups is 1. The van der Waals surface area contributed by atoms with Crippen molar-refractivity contribution in [3.8, 4) is 11.4 Å². The summed E-state index contributed by atoms with van der Waals surface area (Å²) in [6.45, 7) is 1.38. The average Bonchev–Trinajstić information content (AvgIpc) is 3.69. The number of aromatic nitrogens is 4. The summed E-state index contributed by atoms with van der Waals surface area (Å²) in [5.41, 5.74) is 5.52. The maximum Gasteiger partial charge on any atom is 0.319 e. The molecular formula is C42H40N6O6S. The van der Waals surface area contributed by atoms with E-state index in [2.05, 4.69) is 38.3 Å². The van der Waals surface area contributed by atoms with Gasteiger partial charge in [-0.05, 0) is 82.4 Å². The number of nitrogens with one attached hydrogen (secondary N) is 2. The molecule has 1 aromatic heterocycles. The number of tetrazole rings is 1. The van der Waals surface area contributed by atoms with Crippen molar-refractivity contribution < 1.29 is 29.3 Å². The molecule has 0 aliphatic carbocycles. The molecule has 5 unspecified atom stereocenters. The van der Waals surface area contributed by atoms with Crippen LogP contribution in [0.25, 0.3) is 5.69 Å². The molecule has 1 aliphatic heterocycles. The number of benzene rings is 5. The zero-order valence-corrected chi connectivity index (χ0v) is 30.8. The Hall–Kier alpha value is -5.86. The van der Waals surface area contributed by atoms with E-state index in [1.165, 1.54) is 18.7 Å². The summed E-state index contributed by atoms with van der Waals surface area (Å²) in [7, 11) is 0. The number of carbonyl (C=O) groups excluding carboxylic acids is 2. The molecule has 12 nitrogen and oxygen atoms in total. The minimum atomic E-state index is -0.839. The van der Waals surface area contributed by atoms with Crippen molar-refractivity contribution in [3.05, 3.63) is 161 Å². The molecule has 13 heteroatoms. The lowest BCUT2D eigenvalue weighted by Crippen LogP contribution is -2.43. The molecule has 1 fully saturated rings. The lowest BCUT2D eigenvalue weighted by atomic mass is 9.84. The van der Waals surface area contributed by atoms with Gasteiger partial charge in [0.05, 0.1) is 30.5 Å². The first-order valence-corrected chi connectivity index (χ1v) is 18.8. The molecule has 1 saturated heterocycles.